The van der Waals surface area contributed by atoms with E-state index < -0.39 is 5.60 Å². The molecule has 146 valence electrons. The van der Waals surface area contributed by atoms with E-state index in [0.29, 0.717) is 42.3 Å². The third-order valence-electron chi connectivity index (χ3n) is 9.86. The summed E-state index contributed by atoms with van der Waals surface area (Å²) >= 11 is 0. The van der Waals surface area contributed by atoms with Gasteiger partial charge in [-0.05, 0) is 74.0 Å². The van der Waals surface area contributed by atoms with Crippen LogP contribution < -0.4 is 0 Å². The third kappa shape index (κ3) is 2.16. The Morgan fingerprint density at radius 1 is 1.12 bits per heavy atom. The van der Waals surface area contributed by atoms with Crippen LogP contribution in [0.5, 0.6) is 0 Å². The Balaban J connectivity index is 1.72. The maximum atomic E-state index is 12.4. The molecule has 4 aliphatic carbocycles. The van der Waals surface area contributed by atoms with Crippen LogP contribution in [-0.4, -0.2) is 22.3 Å². The molecule has 9 atom stereocenters. The molecule has 0 spiro atoms. The zero-order valence-corrected chi connectivity index (χ0v) is 17.2. The highest BCUT2D eigenvalue weighted by Crippen LogP contribution is 2.69. The third-order valence-corrected chi connectivity index (χ3v) is 9.86. The van der Waals surface area contributed by atoms with E-state index in [1.165, 1.54) is 0 Å². The lowest BCUT2D eigenvalue weighted by atomic mass is 9.41. The molecule has 0 radical (unpaired) electrons. The van der Waals surface area contributed by atoms with Gasteiger partial charge in [0.1, 0.15) is 11.6 Å². The molecule has 0 aromatic carbocycles. The van der Waals surface area contributed by atoms with Crippen LogP contribution in [0.25, 0.3) is 0 Å². The Morgan fingerprint density at radius 3 is 2.46 bits per heavy atom. The van der Waals surface area contributed by atoms with Gasteiger partial charge in [-0.2, -0.15) is 0 Å². The van der Waals surface area contributed by atoms with Crippen LogP contribution in [0, 0.1) is 46.3 Å². The summed E-state index contributed by atoms with van der Waals surface area (Å²) < 4.78 is 0. The fourth-order valence-corrected chi connectivity index (χ4v) is 8.69. The van der Waals surface area contributed by atoms with Crippen molar-refractivity contribution >= 4 is 11.6 Å². The first kappa shape index (κ1) is 18.7. The first-order valence-corrected chi connectivity index (χ1v) is 10.8. The van der Waals surface area contributed by atoms with E-state index in [-0.39, 0.29) is 28.4 Å². The highest BCUT2D eigenvalue weighted by molar-refractivity contribution is 5.81. The van der Waals surface area contributed by atoms with Crippen molar-refractivity contribution in [3.8, 4) is 0 Å². The van der Waals surface area contributed by atoms with Crippen LogP contribution in [0.4, 0.5) is 0 Å². The molecule has 4 saturated carbocycles. The van der Waals surface area contributed by atoms with Crippen LogP contribution in [0.3, 0.4) is 0 Å². The topological polar surface area (TPSA) is 54.4 Å². The molecule has 0 saturated heterocycles. The molecule has 0 bridgehead atoms. The average Bonchev–Trinajstić information content (AvgIpc) is 2.81. The molecular weight excluding hydrogens is 324 g/mol. The Bertz CT molecular complexity index is 641. The monoisotopic (exact) mass is 360 g/mol. The highest BCUT2D eigenvalue weighted by Gasteiger charge is 2.67. The number of carbonyl (C=O) groups is 2. The molecule has 3 heteroatoms. The van der Waals surface area contributed by atoms with E-state index in [1.54, 1.807) is 6.92 Å². The molecule has 0 heterocycles. The standard InChI is InChI=1S/C23H36O3/c1-13-10-19-17-11-14(2)23(26)12-16(25)6-9-22(23,5)18(17)7-8-21(19,4)20(13)15(3)24/h13-14,17-20,26H,6-12H2,1-5H3/t13-,14-,17-,18+,19+,20-,21+,22-,23+/m1/s1. The van der Waals surface area contributed by atoms with Crippen molar-refractivity contribution in [3.05, 3.63) is 0 Å². The summed E-state index contributed by atoms with van der Waals surface area (Å²) in [6, 6.07) is 0. The quantitative estimate of drug-likeness (QED) is 0.753. The molecule has 0 amide bonds. The summed E-state index contributed by atoms with van der Waals surface area (Å²) in [5.74, 6) is 3.11. The Morgan fingerprint density at radius 2 is 1.81 bits per heavy atom. The van der Waals surface area contributed by atoms with Gasteiger partial charge < -0.3 is 5.11 Å². The van der Waals surface area contributed by atoms with Crippen molar-refractivity contribution in [1.29, 1.82) is 0 Å². The minimum Gasteiger partial charge on any atom is -0.389 e. The fourth-order valence-electron chi connectivity index (χ4n) is 8.69. The number of ketones is 2. The van der Waals surface area contributed by atoms with E-state index in [9.17, 15) is 14.7 Å². The Hall–Kier alpha value is -0.700. The number of Topliss-reactive ketones (excluding diaryl/α,β-unsaturated/α-hetero) is 2. The Labute approximate surface area is 158 Å². The van der Waals surface area contributed by atoms with Crippen molar-refractivity contribution < 1.29 is 14.7 Å². The van der Waals surface area contributed by atoms with Crippen LogP contribution in [0.2, 0.25) is 0 Å². The largest absolute Gasteiger partial charge is 0.389 e. The molecular formula is C23H36O3. The molecule has 0 unspecified atom stereocenters. The normalized spacial score (nSPS) is 56.5. The van der Waals surface area contributed by atoms with Gasteiger partial charge in [-0.1, -0.05) is 27.7 Å². The number of hydrogen-bond acceptors (Lipinski definition) is 3. The molecule has 0 aliphatic heterocycles. The van der Waals surface area contributed by atoms with Gasteiger partial charge in [-0.25, -0.2) is 0 Å². The van der Waals surface area contributed by atoms with Gasteiger partial charge >= 0.3 is 0 Å². The zero-order valence-electron chi connectivity index (χ0n) is 17.2. The summed E-state index contributed by atoms with van der Waals surface area (Å²) in [7, 11) is 0. The van der Waals surface area contributed by atoms with E-state index >= 15 is 0 Å². The van der Waals surface area contributed by atoms with Gasteiger partial charge in [0.05, 0.1) is 5.60 Å². The molecule has 0 aromatic rings. The number of carbonyl (C=O) groups excluding carboxylic acids is 2. The summed E-state index contributed by atoms with van der Waals surface area (Å²) in [5, 5.41) is 11.7. The molecule has 4 rings (SSSR count). The lowest BCUT2D eigenvalue weighted by Gasteiger charge is -2.65. The lowest BCUT2D eigenvalue weighted by Crippen LogP contribution is -2.65. The van der Waals surface area contributed by atoms with E-state index in [1.807, 2.05) is 0 Å². The van der Waals surface area contributed by atoms with Gasteiger partial charge in [-0.15, -0.1) is 0 Å². The number of hydrogen-bond donors (Lipinski definition) is 1. The van der Waals surface area contributed by atoms with Crippen molar-refractivity contribution in [2.75, 3.05) is 0 Å². The maximum absolute atomic E-state index is 12.4. The summed E-state index contributed by atoms with van der Waals surface area (Å²) in [6.07, 6.45) is 6.19. The van der Waals surface area contributed by atoms with Crippen LogP contribution >= 0.6 is 0 Å². The predicted octanol–water partition coefficient (Wildman–Crippen LogP) is 4.41. The Kier molecular flexibility index (Phi) is 4.06. The maximum Gasteiger partial charge on any atom is 0.135 e. The molecule has 1 N–H and O–H groups in total. The first-order valence-electron chi connectivity index (χ1n) is 10.8. The van der Waals surface area contributed by atoms with Gasteiger partial charge in [0.15, 0.2) is 0 Å². The highest BCUT2D eigenvalue weighted by atomic mass is 16.3. The predicted molar refractivity (Wildman–Crippen MR) is 101 cm³/mol. The fraction of sp³-hybridized carbons (Fsp3) is 0.913. The van der Waals surface area contributed by atoms with E-state index in [4.69, 9.17) is 0 Å². The van der Waals surface area contributed by atoms with Crippen molar-refractivity contribution in [2.45, 2.75) is 85.2 Å². The second kappa shape index (κ2) is 5.65. The lowest BCUT2D eigenvalue weighted by molar-refractivity contribution is -0.226. The summed E-state index contributed by atoms with van der Waals surface area (Å²) in [4.78, 5) is 24.6. The molecule has 3 nitrogen and oxygen atoms in total. The van der Waals surface area contributed by atoms with E-state index in [2.05, 4.69) is 27.7 Å². The number of fused-ring (bicyclic) bond motifs is 5. The number of aliphatic hydroxyl groups is 1. The molecule has 0 aromatic heterocycles. The van der Waals surface area contributed by atoms with Crippen LogP contribution in [0.1, 0.15) is 79.6 Å². The second-order valence-corrected chi connectivity index (χ2v) is 10.9. The molecule has 4 aliphatic rings. The van der Waals surface area contributed by atoms with Crippen LogP contribution in [0.15, 0.2) is 0 Å². The molecule has 26 heavy (non-hydrogen) atoms. The molecule has 4 fully saturated rings. The number of rotatable bonds is 1. The SMILES string of the molecule is CC(=O)[C@H]1[C@H](C)C[C@H]2[C@@H]3C[C@@H](C)[C@@]4(O)CC(=O)CC[C@]4(C)[C@H]3CC[C@@]21C. The smallest absolute Gasteiger partial charge is 0.135 e. The average molecular weight is 361 g/mol. The second-order valence-electron chi connectivity index (χ2n) is 10.9. The van der Waals surface area contributed by atoms with Gasteiger partial charge in [0, 0.05) is 24.2 Å². The van der Waals surface area contributed by atoms with Crippen molar-refractivity contribution in [1.82, 2.24) is 0 Å². The zero-order chi connectivity index (χ0) is 19.1. The first-order chi connectivity index (χ1) is 12.0. The van der Waals surface area contributed by atoms with Crippen LogP contribution in [-0.2, 0) is 9.59 Å². The summed E-state index contributed by atoms with van der Waals surface area (Å²) in [5.41, 5.74) is -0.855. The van der Waals surface area contributed by atoms with Crippen molar-refractivity contribution in [2.24, 2.45) is 46.3 Å². The van der Waals surface area contributed by atoms with Gasteiger partial charge in [0.2, 0.25) is 0 Å². The minimum atomic E-state index is -0.832. The van der Waals surface area contributed by atoms with Gasteiger partial charge in [0.25, 0.3) is 0 Å². The van der Waals surface area contributed by atoms with Gasteiger partial charge in [-0.3, -0.25) is 9.59 Å². The van der Waals surface area contributed by atoms with Crippen molar-refractivity contribution in [3.63, 3.8) is 0 Å². The minimum absolute atomic E-state index is 0.127. The summed E-state index contributed by atoms with van der Waals surface area (Å²) in [6.45, 7) is 10.9. The van der Waals surface area contributed by atoms with E-state index in [0.717, 1.165) is 32.1 Å².